The molecule has 158 valence electrons. The highest BCUT2D eigenvalue weighted by atomic mass is 16.5. The second-order valence-electron chi connectivity index (χ2n) is 6.80. The fraction of sp³-hybridized carbons (Fsp3) is 0.304. The molecule has 1 N–H and O–H groups in total. The first-order valence-corrected chi connectivity index (χ1v) is 9.73. The molecule has 1 heterocycles. The number of imide groups is 1. The summed E-state index contributed by atoms with van der Waals surface area (Å²) in [5.74, 6) is 0.1000. The van der Waals surface area contributed by atoms with Gasteiger partial charge in [0.1, 0.15) is 5.75 Å². The van der Waals surface area contributed by atoms with Crippen LogP contribution in [-0.2, 0) is 16.0 Å². The van der Waals surface area contributed by atoms with E-state index in [2.05, 4.69) is 0 Å². The molecule has 2 aromatic rings. The summed E-state index contributed by atoms with van der Waals surface area (Å²) < 4.78 is 16.0. The molecule has 2 aromatic carbocycles. The van der Waals surface area contributed by atoms with Crippen molar-refractivity contribution in [2.45, 2.75) is 19.8 Å². The number of benzene rings is 2. The van der Waals surface area contributed by atoms with Crippen molar-refractivity contribution in [3.63, 3.8) is 0 Å². The number of methoxy groups -OCH3 is 2. The fourth-order valence-corrected chi connectivity index (χ4v) is 3.24. The molecule has 0 atom stereocenters. The van der Waals surface area contributed by atoms with Crippen molar-refractivity contribution in [2.24, 2.45) is 0 Å². The summed E-state index contributed by atoms with van der Waals surface area (Å²) in [6.07, 6.45) is 1.30. The molecule has 0 aromatic heterocycles. The van der Waals surface area contributed by atoms with Gasteiger partial charge in [0.15, 0.2) is 17.3 Å². The Kier molecular flexibility index (Phi) is 6.61. The van der Waals surface area contributed by atoms with E-state index >= 15 is 0 Å². The number of ether oxygens (including phenoxy) is 3. The minimum absolute atomic E-state index is 0.00866. The first-order chi connectivity index (χ1) is 14.5. The molecular weight excluding hydrogens is 386 g/mol. The van der Waals surface area contributed by atoms with E-state index < -0.39 is 17.6 Å². The first-order valence-electron chi connectivity index (χ1n) is 9.73. The van der Waals surface area contributed by atoms with E-state index in [0.717, 1.165) is 16.9 Å². The Balaban J connectivity index is 1.72. The Labute approximate surface area is 175 Å². The molecule has 0 aliphatic carbocycles. The van der Waals surface area contributed by atoms with Gasteiger partial charge in [-0.2, -0.15) is 0 Å². The summed E-state index contributed by atoms with van der Waals surface area (Å²) in [6.45, 7) is 2.74. The number of carbonyl (C=O) groups is 2. The Bertz CT molecular complexity index is 964. The van der Waals surface area contributed by atoms with E-state index in [1.54, 1.807) is 50.6 Å². The van der Waals surface area contributed by atoms with Gasteiger partial charge in [0, 0.05) is 6.54 Å². The number of aliphatic hydroxyl groups excluding tert-OH is 1. The second kappa shape index (κ2) is 9.35. The van der Waals surface area contributed by atoms with Crippen LogP contribution in [0.1, 0.15) is 24.5 Å². The van der Waals surface area contributed by atoms with Crippen LogP contribution in [0.2, 0.25) is 0 Å². The van der Waals surface area contributed by atoms with Gasteiger partial charge in [0.05, 0.1) is 26.4 Å². The lowest BCUT2D eigenvalue weighted by Crippen LogP contribution is -2.33. The van der Waals surface area contributed by atoms with Crippen LogP contribution in [0.5, 0.6) is 17.2 Å². The molecule has 0 bridgehead atoms. The van der Waals surface area contributed by atoms with Crippen LogP contribution in [0, 0.1) is 0 Å². The van der Waals surface area contributed by atoms with Gasteiger partial charge >= 0.3 is 0 Å². The largest absolute Gasteiger partial charge is 0.502 e. The van der Waals surface area contributed by atoms with E-state index in [4.69, 9.17) is 14.2 Å². The van der Waals surface area contributed by atoms with Gasteiger partial charge in [-0.25, -0.2) is 0 Å². The van der Waals surface area contributed by atoms with Crippen LogP contribution in [0.3, 0.4) is 0 Å². The zero-order valence-electron chi connectivity index (χ0n) is 17.3. The van der Waals surface area contributed by atoms with Crippen LogP contribution in [-0.4, -0.2) is 49.2 Å². The van der Waals surface area contributed by atoms with Crippen molar-refractivity contribution in [3.05, 3.63) is 59.4 Å². The number of rotatable bonds is 9. The zero-order chi connectivity index (χ0) is 21.7. The maximum atomic E-state index is 12.8. The van der Waals surface area contributed by atoms with E-state index in [0.29, 0.717) is 35.8 Å². The summed E-state index contributed by atoms with van der Waals surface area (Å²) in [4.78, 5) is 26.4. The minimum atomic E-state index is -0.693. The Morgan fingerprint density at radius 3 is 2.27 bits per heavy atom. The average Bonchev–Trinajstić information content (AvgIpc) is 2.99. The standard InChI is InChI=1S/C23H25NO6/c1-4-13-30-17-8-6-16(7-9-17)20-21(25)23(27)24(22(20)26)12-11-15-5-10-18(28-2)19(14-15)29-3/h5-10,14,25H,4,11-13H2,1-3H3. The highest BCUT2D eigenvalue weighted by molar-refractivity contribution is 6.34. The Hall–Kier alpha value is -3.48. The van der Waals surface area contributed by atoms with Crippen LogP contribution in [0.4, 0.5) is 0 Å². The average molecular weight is 411 g/mol. The maximum absolute atomic E-state index is 12.8. The fourth-order valence-electron chi connectivity index (χ4n) is 3.24. The predicted octanol–water partition coefficient (Wildman–Crippen LogP) is 3.37. The molecule has 0 unspecified atom stereocenters. The smallest absolute Gasteiger partial charge is 0.296 e. The van der Waals surface area contributed by atoms with Crippen molar-refractivity contribution in [2.75, 3.05) is 27.4 Å². The first kappa shape index (κ1) is 21.2. The molecular formula is C23H25NO6. The van der Waals surface area contributed by atoms with Gasteiger partial charge in [-0.05, 0) is 48.2 Å². The lowest BCUT2D eigenvalue weighted by Gasteiger charge is -2.15. The second-order valence-corrected chi connectivity index (χ2v) is 6.80. The maximum Gasteiger partial charge on any atom is 0.296 e. The molecule has 3 rings (SSSR count). The normalized spacial score (nSPS) is 13.8. The number of nitrogens with zero attached hydrogens (tertiary/aromatic N) is 1. The monoisotopic (exact) mass is 411 g/mol. The zero-order valence-corrected chi connectivity index (χ0v) is 17.3. The molecule has 0 spiro atoms. The third-order valence-corrected chi connectivity index (χ3v) is 4.83. The third-order valence-electron chi connectivity index (χ3n) is 4.83. The van der Waals surface area contributed by atoms with E-state index in [-0.39, 0.29) is 12.1 Å². The molecule has 0 saturated heterocycles. The summed E-state index contributed by atoms with van der Waals surface area (Å²) in [7, 11) is 3.10. The minimum Gasteiger partial charge on any atom is -0.502 e. The quantitative estimate of drug-likeness (QED) is 0.637. The van der Waals surface area contributed by atoms with Crippen LogP contribution in [0.25, 0.3) is 5.57 Å². The molecule has 0 fully saturated rings. The SMILES string of the molecule is CCCOc1ccc(C2=C(O)C(=O)N(CCc3ccc(OC)c(OC)c3)C2=O)cc1. The molecule has 2 amide bonds. The molecule has 0 radical (unpaired) electrons. The summed E-state index contributed by atoms with van der Waals surface area (Å²) in [5.41, 5.74) is 1.36. The summed E-state index contributed by atoms with van der Waals surface area (Å²) in [6, 6.07) is 12.2. The van der Waals surface area contributed by atoms with Crippen LogP contribution < -0.4 is 14.2 Å². The molecule has 7 nitrogen and oxygen atoms in total. The molecule has 0 saturated carbocycles. The van der Waals surface area contributed by atoms with E-state index in [1.807, 2.05) is 13.0 Å². The third kappa shape index (κ3) is 4.25. The van der Waals surface area contributed by atoms with Crippen molar-refractivity contribution in [1.29, 1.82) is 0 Å². The van der Waals surface area contributed by atoms with Gasteiger partial charge in [0.25, 0.3) is 11.8 Å². The number of hydrogen-bond donors (Lipinski definition) is 1. The van der Waals surface area contributed by atoms with Gasteiger partial charge in [-0.3, -0.25) is 14.5 Å². The lowest BCUT2D eigenvalue weighted by molar-refractivity contribution is -0.138. The molecule has 1 aliphatic rings. The van der Waals surface area contributed by atoms with E-state index in [1.165, 1.54) is 0 Å². The van der Waals surface area contributed by atoms with Crippen molar-refractivity contribution in [3.8, 4) is 17.2 Å². The predicted molar refractivity (Wildman–Crippen MR) is 112 cm³/mol. The van der Waals surface area contributed by atoms with Gasteiger partial charge in [0.2, 0.25) is 0 Å². The van der Waals surface area contributed by atoms with E-state index in [9.17, 15) is 14.7 Å². The Morgan fingerprint density at radius 1 is 0.933 bits per heavy atom. The number of carbonyl (C=O) groups excluding carboxylic acids is 2. The molecule has 7 heteroatoms. The highest BCUT2D eigenvalue weighted by Gasteiger charge is 2.38. The number of hydrogen-bond acceptors (Lipinski definition) is 6. The van der Waals surface area contributed by atoms with Gasteiger partial charge < -0.3 is 19.3 Å². The Morgan fingerprint density at radius 2 is 1.63 bits per heavy atom. The molecule has 30 heavy (non-hydrogen) atoms. The van der Waals surface area contributed by atoms with Crippen LogP contribution >= 0.6 is 0 Å². The lowest BCUT2D eigenvalue weighted by atomic mass is 10.1. The van der Waals surface area contributed by atoms with Gasteiger partial charge in [-0.15, -0.1) is 0 Å². The highest BCUT2D eigenvalue weighted by Crippen LogP contribution is 2.31. The van der Waals surface area contributed by atoms with Crippen molar-refractivity contribution in [1.82, 2.24) is 4.90 Å². The van der Waals surface area contributed by atoms with Gasteiger partial charge in [-0.1, -0.05) is 25.1 Å². The van der Waals surface area contributed by atoms with Crippen LogP contribution in [0.15, 0.2) is 48.2 Å². The number of amides is 2. The van der Waals surface area contributed by atoms with Crippen molar-refractivity contribution < 1.29 is 28.9 Å². The van der Waals surface area contributed by atoms with Crippen molar-refractivity contribution >= 4 is 17.4 Å². The molecule has 1 aliphatic heterocycles. The summed E-state index contributed by atoms with van der Waals surface area (Å²) in [5, 5.41) is 10.3. The number of aliphatic hydroxyl groups is 1. The summed E-state index contributed by atoms with van der Waals surface area (Å²) >= 11 is 0. The topological polar surface area (TPSA) is 85.3 Å².